The van der Waals surface area contributed by atoms with Crippen LogP contribution in [0.4, 0.5) is 0 Å². The minimum Gasteiger partial charge on any atom is -0.308 e. The summed E-state index contributed by atoms with van der Waals surface area (Å²) in [4.78, 5) is 4.89. The average molecular weight is 201 g/mol. The normalized spacial score (nSPS) is 19.0. The van der Waals surface area contributed by atoms with Crippen molar-refractivity contribution in [3.8, 4) is 0 Å². The predicted octanol–water partition coefficient (Wildman–Crippen LogP) is 0.221. The van der Waals surface area contributed by atoms with E-state index in [0.717, 1.165) is 6.44 Å². The molecule has 1 aliphatic rings. The van der Waals surface area contributed by atoms with Crippen LogP contribution in [0.5, 0.6) is 0 Å². The molecule has 15 heavy (non-hydrogen) atoms. The van der Waals surface area contributed by atoms with Crippen molar-refractivity contribution in [1.82, 2.24) is 9.80 Å². The molecule has 0 N–H and O–H groups in total. The first-order chi connectivity index (χ1) is 7.34. The maximum absolute atomic E-state index is 2.51. The minimum absolute atomic E-state index is 1.08. The van der Waals surface area contributed by atoms with Crippen molar-refractivity contribution in [2.75, 3.05) is 39.7 Å². The van der Waals surface area contributed by atoms with E-state index < -0.39 is 0 Å². The molecule has 1 saturated heterocycles. The Morgan fingerprint density at radius 1 is 1.07 bits per heavy atom. The van der Waals surface area contributed by atoms with E-state index in [1.54, 1.807) is 0 Å². The van der Waals surface area contributed by atoms with Crippen molar-refractivity contribution >= 4 is 12.7 Å². The van der Waals surface area contributed by atoms with Crippen LogP contribution in [-0.2, 0) is 0 Å². The molecule has 0 spiro atoms. The first-order valence-corrected chi connectivity index (χ1v) is 5.64. The summed E-state index contributed by atoms with van der Waals surface area (Å²) in [6.45, 7) is 4.78. The maximum Gasteiger partial charge on any atom is 0.169 e. The van der Waals surface area contributed by atoms with E-state index >= 15 is 0 Å². The van der Waals surface area contributed by atoms with Gasteiger partial charge in [-0.25, -0.2) is 0 Å². The lowest BCUT2D eigenvalue weighted by Crippen LogP contribution is -2.46. The van der Waals surface area contributed by atoms with Crippen LogP contribution in [0, 0.1) is 0 Å². The van der Waals surface area contributed by atoms with Crippen LogP contribution in [0.15, 0.2) is 30.3 Å². The highest BCUT2D eigenvalue weighted by atomic mass is 15.2. The van der Waals surface area contributed by atoms with Gasteiger partial charge < -0.3 is 9.80 Å². The van der Waals surface area contributed by atoms with Gasteiger partial charge >= 0.3 is 0 Å². The summed E-state index contributed by atoms with van der Waals surface area (Å²) in [7, 11) is 4.50. The van der Waals surface area contributed by atoms with E-state index in [1.165, 1.54) is 31.6 Å². The van der Waals surface area contributed by atoms with E-state index in [9.17, 15) is 0 Å². The average Bonchev–Trinajstić information content (AvgIpc) is 2.30. The first kappa shape index (κ1) is 10.7. The maximum atomic E-state index is 2.51. The zero-order chi connectivity index (χ0) is 10.5. The van der Waals surface area contributed by atoms with Crippen molar-refractivity contribution < 1.29 is 0 Å². The van der Waals surface area contributed by atoms with Crippen LogP contribution >= 0.6 is 0 Å². The summed E-state index contributed by atoms with van der Waals surface area (Å²) in [5.74, 6) is 0. The third-order valence-corrected chi connectivity index (χ3v) is 2.98. The van der Waals surface area contributed by atoms with Crippen LogP contribution in [0.25, 0.3) is 0 Å². The van der Waals surface area contributed by atoms with E-state index in [-0.39, 0.29) is 0 Å². The number of hydrogen-bond acceptors (Lipinski definition) is 2. The number of piperazine rings is 1. The Labute approximate surface area is 93.1 Å². The smallest absolute Gasteiger partial charge is 0.169 e. The second-order valence-electron chi connectivity index (χ2n) is 4.22. The summed E-state index contributed by atoms with van der Waals surface area (Å²) in [6.07, 6.45) is 1.08. The third-order valence-electron chi connectivity index (χ3n) is 2.98. The Hall–Kier alpha value is -0.795. The summed E-state index contributed by atoms with van der Waals surface area (Å²) in [5, 5.41) is 0. The van der Waals surface area contributed by atoms with E-state index in [1.807, 2.05) is 0 Å². The molecule has 0 amide bonds. The molecule has 1 aromatic carbocycles. The molecule has 0 bridgehead atoms. The van der Waals surface area contributed by atoms with Gasteiger partial charge in [-0.3, -0.25) is 0 Å². The highest BCUT2D eigenvalue weighted by Gasteiger charge is 2.13. The van der Waals surface area contributed by atoms with Crippen molar-refractivity contribution in [3.63, 3.8) is 0 Å². The number of rotatable bonds is 3. The van der Waals surface area contributed by atoms with Gasteiger partial charge in [0.2, 0.25) is 0 Å². The third kappa shape index (κ3) is 3.36. The molecule has 79 valence electrons. The number of benzene rings is 1. The molecule has 2 rings (SSSR count). The van der Waals surface area contributed by atoms with Gasteiger partial charge in [0.05, 0.1) is 0 Å². The highest BCUT2D eigenvalue weighted by molar-refractivity contribution is 6.53. The SMILES string of the molecule is CN1CCN(C[B]c2ccccc2)CC1. The van der Waals surface area contributed by atoms with Gasteiger partial charge in [-0.15, -0.1) is 0 Å². The Balaban J connectivity index is 1.74. The van der Waals surface area contributed by atoms with E-state index in [2.05, 4.69) is 54.5 Å². The highest BCUT2D eigenvalue weighted by Crippen LogP contribution is 1.97. The monoisotopic (exact) mass is 201 g/mol. The molecular formula is C12H18BN2. The Morgan fingerprint density at radius 3 is 2.40 bits per heavy atom. The van der Waals surface area contributed by atoms with Crippen molar-refractivity contribution in [2.45, 2.75) is 0 Å². The summed E-state index contributed by atoms with van der Waals surface area (Å²) >= 11 is 0. The van der Waals surface area contributed by atoms with Gasteiger partial charge in [0, 0.05) is 26.2 Å². The van der Waals surface area contributed by atoms with Crippen LogP contribution in [0.2, 0.25) is 0 Å². The largest absolute Gasteiger partial charge is 0.308 e. The molecule has 0 unspecified atom stereocenters. The zero-order valence-corrected chi connectivity index (χ0v) is 9.39. The predicted molar refractivity (Wildman–Crippen MR) is 65.8 cm³/mol. The lowest BCUT2D eigenvalue weighted by Gasteiger charge is -2.32. The Bertz CT molecular complexity index is 281. The fourth-order valence-corrected chi connectivity index (χ4v) is 1.85. The van der Waals surface area contributed by atoms with Crippen molar-refractivity contribution in [2.24, 2.45) is 0 Å². The number of nitrogens with zero attached hydrogens (tertiary/aromatic N) is 2. The fourth-order valence-electron chi connectivity index (χ4n) is 1.85. The molecule has 1 heterocycles. The lowest BCUT2D eigenvalue weighted by molar-refractivity contribution is 0.173. The molecule has 2 nitrogen and oxygen atoms in total. The molecular weight excluding hydrogens is 183 g/mol. The van der Waals surface area contributed by atoms with Crippen LogP contribution in [0.1, 0.15) is 0 Å². The minimum atomic E-state index is 1.08. The quantitative estimate of drug-likeness (QED) is 0.645. The zero-order valence-electron chi connectivity index (χ0n) is 9.39. The standard InChI is InChI=1S/C12H18BN2/c1-14-7-9-15(10-8-14)11-13-12-5-3-2-4-6-12/h2-6H,7-11H2,1H3. The number of hydrogen-bond donors (Lipinski definition) is 0. The molecule has 0 aromatic heterocycles. The molecule has 0 atom stereocenters. The van der Waals surface area contributed by atoms with E-state index in [0.29, 0.717) is 0 Å². The first-order valence-electron chi connectivity index (χ1n) is 5.64. The molecule has 1 aromatic rings. The molecule has 0 saturated carbocycles. The lowest BCUT2D eigenvalue weighted by atomic mass is 9.70. The van der Waals surface area contributed by atoms with Gasteiger partial charge in [-0.1, -0.05) is 35.8 Å². The van der Waals surface area contributed by atoms with Gasteiger partial charge in [0.1, 0.15) is 0 Å². The molecule has 0 aliphatic carbocycles. The number of likely N-dealkylation sites (N-methyl/N-ethyl adjacent to an activating group) is 1. The van der Waals surface area contributed by atoms with Crippen LogP contribution in [-0.4, -0.2) is 56.8 Å². The topological polar surface area (TPSA) is 6.48 Å². The fraction of sp³-hybridized carbons (Fsp3) is 0.500. The van der Waals surface area contributed by atoms with Crippen LogP contribution in [0.3, 0.4) is 0 Å². The van der Waals surface area contributed by atoms with E-state index in [4.69, 9.17) is 0 Å². The molecule has 1 fully saturated rings. The molecule has 3 heteroatoms. The van der Waals surface area contributed by atoms with Gasteiger partial charge in [-0.05, 0) is 13.5 Å². The summed E-state index contributed by atoms with van der Waals surface area (Å²) < 4.78 is 0. The second-order valence-corrected chi connectivity index (χ2v) is 4.22. The van der Waals surface area contributed by atoms with Crippen LogP contribution < -0.4 is 5.46 Å². The summed E-state index contributed by atoms with van der Waals surface area (Å²) in [5.41, 5.74) is 1.33. The van der Waals surface area contributed by atoms with Crippen molar-refractivity contribution in [1.29, 1.82) is 0 Å². The Kier molecular flexibility index (Phi) is 3.81. The Morgan fingerprint density at radius 2 is 1.73 bits per heavy atom. The summed E-state index contributed by atoms with van der Waals surface area (Å²) in [6, 6.07) is 10.6. The van der Waals surface area contributed by atoms with Gasteiger partial charge in [-0.2, -0.15) is 0 Å². The van der Waals surface area contributed by atoms with Gasteiger partial charge in [0.15, 0.2) is 7.28 Å². The van der Waals surface area contributed by atoms with Crippen molar-refractivity contribution in [3.05, 3.63) is 30.3 Å². The molecule has 1 radical (unpaired) electrons. The molecule has 1 aliphatic heterocycles. The van der Waals surface area contributed by atoms with Gasteiger partial charge in [0.25, 0.3) is 0 Å². The second kappa shape index (κ2) is 5.33.